The number of H-pyrrole nitrogens is 1. The molecular formula is C19H14BrN3O2. The SMILES string of the molecule is O=c1[nH]c(C=C2C=Nc3ccc(Br)cc32)c(O)n1Cc1ccccc1. The third kappa shape index (κ3) is 2.96. The van der Waals surface area contributed by atoms with Crippen LogP contribution in [0.5, 0.6) is 5.88 Å². The van der Waals surface area contributed by atoms with Crippen LogP contribution >= 0.6 is 15.9 Å². The van der Waals surface area contributed by atoms with Crippen molar-refractivity contribution >= 4 is 39.5 Å². The fourth-order valence-electron chi connectivity index (χ4n) is 2.82. The highest BCUT2D eigenvalue weighted by atomic mass is 79.9. The zero-order chi connectivity index (χ0) is 17.4. The molecule has 124 valence electrons. The highest BCUT2D eigenvalue weighted by Crippen LogP contribution is 2.35. The van der Waals surface area contributed by atoms with Crippen molar-refractivity contribution in [2.24, 2.45) is 4.99 Å². The normalized spacial score (nSPS) is 14.2. The number of nitrogens with one attached hydrogen (secondary N) is 1. The number of rotatable bonds is 3. The van der Waals surface area contributed by atoms with Gasteiger partial charge in [0.15, 0.2) is 0 Å². The first-order chi connectivity index (χ1) is 12.1. The van der Waals surface area contributed by atoms with Gasteiger partial charge in [0, 0.05) is 21.8 Å². The Morgan fingerprint density at radius 2 is 2.00 bits per heavy atom. The van der Waals surface area contributed by atoms with Gasteiger partial charge in [-0.2, -0.15) is 0 Å². The van der Waals surface area contributed by atoms with Crippen molar-refractivity contribution in [3.05, 3.63) is 80.3 Å². The summed E-state index contributed by atoms with van der Waals surface area (Å²) in [7, 11) is 0. The highest BCUT2D eigenvalue weighted by molar-refractivity contribution is 9.10. The minimum absolute atomic E-state index is 0.0850. The second-order valence-corrected chi connectivity index (χ2v) is 6.67. The van der Waals surface area contributed by atoms with Crippen LogP contribution in [-0.4, -0.2) is 20.9 Å². The third-order valence-electron chi connectivity index (χ3n) is 4.08. The Hall–Kier alpha value is -2.86. The minimum atomic E-state index is -0.349. The average molecular weight is 396 g/mol. The molecule has 0 saturated heterocycles. The lowest BCUT2D eigenvalue weighted by Crippen LogP contribution is -2.17. The lowest BCUT2D eigenvalue weighted by Gasteiger charge is -2.03. The van der Waals surface area contributed by atoms with E-state index in [9.17, 15) is 9.90 Å². The van der Waals surface area contributed by atoms with Crippen LogP contribution in [-0.2, 0) is 6.54 Å². The van der Waals surface area contributed by atoms with E-state index in [0.717, 1.165) is 26.9 Å². The fraction of sp³-hybridized carbons (Fsp3) is 0.0526. The van der Waals surface area contributed by atoms with Gasteiger partial charge in [0.1, 0.15) is 5.69 Å². The van der Waals surface area contributed by atoms with E-state index in [1.54, 1.807) is 12.3 Å². The standard InChI is InChI=1S/C19H14BrN3O2/c20-14-6-7-16-15(9-14)13(10-21-16)8-17-18(24)23(19(25)22-17)11-12-4-2-1-3-5-12/h1-10,24H,11H2,(H,22,25). The van der Waals surface area contributed by atoms with Gasteiger partial charge >= 0.3 is 5.69 Å². The molecule has 0 fully saturated rings. The van der Waals surface area contributed by atoms with Crippen LogP contribution in [0.25, 0.3) is 11.6 Å². The molecule has 0 spiro atoms. The number of aliphatic imine (C=N–C) groups is 1. The number of nitrogens with zero attached hydrogens (tertiary/aromatic N) is 2. The Morgan fingerprint density at radius 3 is 2.80 bits per heavy atom. The van der Waals surface area contributed by atoms with Crippen molar-refractivity contribution in [2.75, 3.05) is 0 Å². The number of aromatic nitrogens is 2. The summed E-state index contributed by atoms with van der Waals surface area (Å²) < 4.78 is 2.26. The summed E-state index contributed by atoms with van der Waals surface area (Å²) in [5.41, 5.74) is 3.60. The van der Waals surface area contributed by atoms with Crippen molar-refractivity contribution in [3.8, 4) is 5.88 Å². The van der Waals surface area contributed by atoms with Gasteiger partial charge in [-0.1, -0.05) is 46.3 Å². The topological polar surface area (TPSA) is 70.4 Å². The van der Waals surface area contributed by atoms with E-state index in [0.29, 0.717) is 12.2 Å². The fourth-order valence-corrected chi connectivity index (χ4v) is 3.19. The summed E-state index contributed by atoms with van der Waals surface area (Å²) in [4.78, 5) is 19.3. The molecule has 0 radical (unpaired) electrons. The van der Waals surface area contributed by atoms with Crippen LogP contribution in [0.4, 0.5) is 5.69 Å². The molecule has 0 aliphatic carbocycles. The summed E-state index contributed by atoms with van der Waals surface area (Å²) in [6.45, 7) is 0.307. The Bertz CT molecular complexity index is 1060. The summed E-state index contributed by atoms with van der Waals surface area (Å²) in [6.07, 6.45) is 3.46. The molecule has 0 amide bonds. The van der Waals surface area contributed by atoms with E-state index in [-0.39, 0.29) is 11.6 Å². The van der Waals surface area contributed by atoms with Crippen LogP contribution in [0.2, 0.25) is 0 Å². The van der Waals surface area contributed by atoms with Crippen LogP contribution in [0.3, 0.4) is 0 Å². The maximum atomic E-state index is 12.2. The zero-order valence-electron chi connectivity index (χ0n) is 13.1. The average Bonchev–Trinajstić information content (AvgIpc) is 3.12. The Labute approximate surface area is 152 Å². The number of benzene rings is 2. The zero-order valence-corrected chi connectivity index (χ0v) is 14.7. The Balaban J connectivity index is 1.72. The number of aromatic hydroxyl groups is 1. The van der Waals surface area contributed by atoms with Crippen molar-refractivity contribution in [1.29, 1.82) is 0 Å². The largest absolute Gasteiger partial charge is 0.493 e. The number of hydrogen-bond acceptors (Lipinski definition) is 3. The molecule has 0 bridgehead atoms. The predicted molar refractivity (Wildman–Crippen MR) is 102 cm³/mol. The van der Waals surface area contributed by atoms with Gasteiger partial charge in [0.2, 0.25) is 5.88 Å². The van der Waals surface area contributed by atoms with E-state index in [4.69, 9.17) is 0 Å². The van der Waals surface area contributed by atoms with Gasteiger partial charge in [-0.25, -0.2) is 4.79 Å². The van der Waals surface area contributed by atoms with Gasteiger partial charge in [-0.05, 0) is 29.8 Å². The number of aromatic amines is 1. The van der Waals surface area contributed by atoms with Crippen molar-refractivity contribution < 1.29 is 5.11 Å². The van der Waals surface area contributed by atoms with Crippen LogP contribution < -0.4 is 5.69 Å². The smallest absolute Gasteiger partial charge is 0.329 e. The Morgan fingerprint density at radius 1 is 1.20 bits per heavy atom. The van der Waals surface area contributed by atoms with Crippen molar-refractivity contribution in [3.63, 3.8) is 0 Å². The van der Waals surface area contributed by atoms with Gasteiger partial charge < -0.3 is 10.1 Å². The van der Waals surface area contributed by atoms with Gasteiger partial charge in [-0.15, -0.1) is 0 Å². The first-order valence-corrected chi connectivity index (χ1v) is 8.52. The number of allylic oxidation sites excluding steroid dienone is 1. The van der Waals surface area contributed by atoms with E-state index in [2.05, 4.69) is 25.9 Å². The van der Waals surface area contributed by atoms with Crippen LogP contribution in [0, 0.1) is 0 Å². The lowest BCUT2D eigenvalue weighted by molar-refractivity contribution is 0.420. The quantitative estimate of drug-likeness (QED) is 0.704. The van der Waals surface area contributed by atoms with Crippen LogP contribution in [0.15, 0.2) is 62.8 Å². The lowest BCUT2D eigenvalue weighted by atomic mass is 10.1. The molecule has 0 atom stereocenters. The van der Waals surface area contributed by atoms with E-state index in [1.807, 2.05) is 48.5 Å². The first-order valence-electron chi connectivity index (χ1n) is 7.73. The van der Waals surface area contributed by atoms with Gasteiger partial charge in [0.25, 0.3) is 0 Å². The molecule has 6 heteroatoms. The summed E-state index contributed by atoms with van der Waals surface area (Å²) in [6, 6.07) is 15.3. The van der Waals surface area contributed by atoms with Crippen LogP contribution in [0.1, 0.15) is 16.8 Å². The van der Waals surface area contributed by atoms with E-state index in [1.165, 1.54) is 4.57 Å². The molecule has 0 saturated carbocycles. The molecular weight excluding hydrogens is 382 g/mol. The summed E-state index contributed by atoms with van der Waals surface area (Å²) in [5, 5.41) is 10.5. The second kappa shape index (κ2) is 6.22. The summed E-state index contributed by atoms with van der Waals surface area (Å²) in [5.74, 6) is -0.0850. The van der Waals surface area contributed by atoms with Crippen molar-refractivity contribution in [1.82, 2.24) is 9.55 Å². The number of halogens is 1. The molecule has 2 heterocycles. The number of fused-ring (bicyclic) bond motifs is 1. The molecule has 0 unspecified atom stereocenters. The Kier molecular flexibility index (Phi) is 3.89. The van der Waals surface area contributed by atoms with Gasteiger partial charge in [0.05, 0.1) is 12.2 Å². The van der Waals surface area contributed by atoms with Crippen molar-refractivity contribution in [2.45, 2.75) is 6.54 Å². The first kappa shape index (κ1) is 15.7. The number of hydrogen-bond donors (Lipinski definition) is 2. The predicted octanol–water partition coefficient (Wildman–Crippen LogP) is 3.95. The molecule has 25 heavy (non-hydrogen) atoms. The highest BCUT2D eigenvalue weighted by Gasteiger charge is 2.16. The molecule has 1 aliphatic heterocycles. The third-order valence-corrected chi connectivity index (χ3v) is 4.57. The maximum absolute atomic E-state index is 12.2. The number of imidazole rings is 1. The maximum Gasteiger partial charge on any atom is 0.329 e. The molecule has 1 aromatic heterocycles. The second-order valence-electron chi connectivity index (χ2n) is 5.76. The van der Waals surface area contributed by atoms with E-state index >= 15 is 0 Å². The monoisotopic (exact) mass is 395 g/mol. The van der Waals surface area contributed by atoms with E-state index < -0.39 is 0 Å². The minimum Gasteiger partial charge on any atom is -0.493 e. The molecule has 1 aliphatic rings. The summed E-state index contributed by atoms with van der Waals surface area (Å²) >= 11 is 3.45. The van der Waals surface area contributed by atoms with Gasteiger partial charge in [-0.3, -0.25) is 9.56 Å². The molecule has 2 aromatic carbocycles. The molecule has 3 aromatic rings. The molecule has 5 nitrogen and oxygen atoms in total. The molecule has 4 rings (SSSR count). The molecule has 2 N–H and O–H groups in total.